The van der Waals surface area contributed by atoms with Crippen LogP contribution in [0.5, 0.6) is 0 Å². The van der Waals surface area contributed by atoms with E-state index >= 15 is 0 Å². The summed E-state index contributed by atoms with van der Waals surface area (Å²) < 4.78 is 14.6. The Kier molecular flexibility index (Phi) is 3.46. The molecular formula is C17H12FN3OS. The van der Waals surface area contributed by atoms with E-state index in [-0.39, 0.29) is 17.0 Å². The van der Waals surface area contributed by atoms with Gasteiger partial charge in [-0.25, -0.2) is 8.96 Å². The zero-order chi connectivity index (χ0) is 15.8. The Morgan fingerprint density at radius 3 is 2.52 bits per heavy atom. The van der Waals surface area contributed by atoms with Gasteiger partial charge in [-0.1, -0.05) is 54.2 Å². The summed E-state index contributed by atoms with van der Waals surface area (Å²) in [6, 6.07) is 15.8. The Morgan fingerprint density at radius 2 is 1.78 bits per heavy atom. The number of fused-ring (bicyclic) bond motifs is 1. The Balaban J connectivity index is 1.70. The number of hydrogen-bond acceptors (Lipinski definition) is 4. The van der Waals surface area contributed by atoms with Gasteiger partial charge in [0.25, 0.3) is 0 Å². The molecular weight excluding hydrogens is 313 g/mol. The minimum Gasteiger partial charge on any atom is -0.274 e. The van der Waals surface area contributed by atoms with E-state index in [4.69, 9.17) is 0 Å². The SMILES string of the molecule is O=C1CC(c2ccc(F)cc2)Sc2nnc(-c3ccccc3)n21. The van der Waals surface area contributed by atoms with Crippen LogP contribution in [0.1, 0.15) is 22.0 Å². The fourth-order valence-corrected chi connectivity index (χ4v) is 3.78. The van der Waals surface area contributed by atoms with Crippen LogP contribution in [-0.4, -0.2) is 20.7 Å². The molecule has 0 fully saturated rings. The third kappa shape index (κ3) is 2.55. The molecule has 1 aliphatic heterocycles. The van der Waals surface area contributed by atoms with Crippen molar-refractivity contribution < 1.29 is 9.18 Å². The minimum atomic E-state index is -0.282. The summed E-state index contributed by atoms with van der Waals surface area (Å²) in [6.45, 7) is 0. The highest BCUT2D eigenvalue weighted by atomic mass is 32.2. The lowest BCUT2D eigenvalue weighted by atomic mass is 10.1. The molecule has 1 aromatic heterocycles. The van der Waals surface area contributed by atoms with Gasteiger partial charge in [0.05, 0.1) is 0 Å². The van der Waals surface area contributed by atoms with E-state index < -0.39 is 0 Å². The molecule has 0 aliphatic carbocycles. The van der Waals surface area contributed by atoms with E-state index in [0.29, 0.717) is 17.4 Å². The van der Waals surface area contributed by atoms with Crippen LogP contribution in [0.3, 0.4) is 0 Å². The molecule has 0 spiro atoms. The number of benzene rings is 2. The Morgan fingerprint density at radius 1 is 1.04 bits per heavy atom. The molecule has 0 amide bonds. The predicted octanol–water partition coefficient (Wildman–Crippen LogP) is 3.96. The Hall–Kier alpha value is -2.47. The molecule has 0 radical (unpaired) electrons. The van der Waals surface area contributed by atoms with Gasteiger partial charge in [0.15, 0.2) is 11.0 Å². The summed E-state index contributed by atoms with van der Waals surface area (Å²) in [5.41, 5.74) is 1.78. The summed E-state index contributed by atoms with van der Waals surface area (Å²) in [4.78, 5) is 12.6. The van der Waals surface area contributed by atoms with Gasteiger partial charge in [-0.15, -0.1) is 10.2 Å². The minimum absolute atomic E-state index is 0.0445. The summed E-state index contributed by atoms with van der Waals surface area (Å²) in [6.07, 6.45) is 0.334. The third-order valence-electron chi connectivity index (χ3n) is 3.76. The maximum Gasteiger partial charge on any atom is 0.235 e. The molecule has 2 heterocycles. The third-order valence-corrected chi connectivity index (χ3v) is 4.96. The zero-order valence-electron chi connectivity index (χ0n) is 12.0. The fourth-order valence-electron chi connectivity index (χ4n) is 2.63. The number of carbonyl (C=O) groups is 1. The van der Waals surface area contributed by atoms with Gasteiger partial charge < -0.3 is 0 Å². The van der Waals surface area contributed by atoms with Crippen molar-refractivity contribution in [1.82, 2.24) is 14.8 Å². The number of carbonyl (C=O) groups excluding carboxylic acids is 1. The van der Waals surface area contributed by atoms with Gasteiger partial charge in [-0.2, -0.15) is 0 Å². The molecule has 114 valence electrons. The van der Waals surface area contributed by atoms with Crippen LogP contribution in [-0.2, 0) is 0 Å². The number of rotatable bonds is 2. The largest absolute Gasteiger partial charge is 0.274 e. The summed E-state index contributed by atoms with van der Waals surface area (Å²) in [5, 5.41) is 8.84. The average Bonchev–Trinajstić information content (AvgIpc) is 3.01. The summed E-state index contributed by atoms with van der Waals surface area (Å²) in [7, 11) is 0. The van der Waals surface area contributed by atoms with Crippen LogP contribution in [0.4, 0.5) is 4.39 Å². The molecule has 0 saturated heterocycles. The van der Waals surface area contributed by atoms with Crippen LogP contribution in [0.2, 0.25) is 0 Å². The lowest BCUT2D eigenvalue weighted by Gasteiger charge is -2.22. The first-order valence-corrected chi connectivity index (χ1v) is 8.06. The quantitative estimate of drug-likeness (QED) is 0.715. The van der Waals surface area contributed by atoms with Gasteiger partial charge >= 0.3 is 0 Å². The number of thioether (sulfide) groups is 1. The van der Waals surface area contributed by atoms with E-state index in [1.807, 2.05) is 30.3 Å². The highest BCUT2D eigenvalue weighted by Crippen LogP contribution is 2.42. The molecule has 6 heteroatoms. The molecule has 0 bridgehead atoms. The Labute approximate surface area is 136 Å². The molecule has 0 saturated carbocycles. The average molecular weight is 325 g/mol. The molecule has 0 N–H and O–H groups in total. The van der Waals surface area contributed by atoms with Crippen LogP contribution in [0.25, 0.3) is 11.4 Å². The lowest BCUT2D eigenvalue weighted by Crippen LogP contribution is -2.20. The first-order chi connectivity index (χ1) is 11.2. The van der Waals surface area contributed by atoms with Gasteiger partial charge in [-0.3, -0.25) is 4.79 Å². The van der Waals surface area contributed by atoms with Crippen molar-refractivity contribution in [2.75, 3.05) is 0 Å². The molecule has 4 rings (SSSR count). The van der Waals surface area contributed by atoms with Gasteiger partial charge in [0.2, 0.25) is 5.91 Å². The van der Waals surface area contributed by atoms with Crippen molar-refractivity contribution in [3.8, 4) is 11.4 Å². The van der Waals surface area contributed by atoms with E-state index in [9.17, 15) is 9.18 Å². The van der Waals surface area contributed by atoms with Crippen molar-refractivity contribution >= 4 is 17.7 Å². The Bertz CT molecular complexity index is 861. The molecule has 1 unspecified atom stereocenters. The number of aromatic nitrogens is 3. The predicted molar refractivity (Wildman–Crippen MR) is 85.7 cm³/mol. The van der Waals surface area contributed by atoms with Crippen molar-refractivity contribution in [2.45, 2.75) is 16.8 Å². The highest BCUT2D eigenvalue weighted by molar-refractivity contribution is 7.99. The van der Waals surface area contributed by atoms with Gasteiger partial charge in [0, 0.05) is 17.2 Å². The maximum atomic E-state index is 13.1. The highest BCUT2D eigenvalue weighted by Gasteiger charge is 2.31. The smallest absolute Gasteiger partial charge is 0.235 e. The maximum absolute atomic E-state index is 13.1. The first-order valence-electron chi connectivity index (χ1n) is 7.18. The van der Waals surface area contributed by atoms with Crippen molar-refractivity contribution in [1.29, 1.82) is 0 Å². The van der Waals surface area contributed by atoms with Crippen molar-refractivity contribution in [3.05, 3.63) is 66.0 Å². The molecule has 2 aromatic carbocycles. The van der Waals surface area contributed by atoms with Crippen LogP contribution in [0, 0.1) is 5.82 Å². The topological polar surface area (TPSA) is 47.8 Å². The molecule has 4 nitrogen and oxygen atoms in total. The van der Waals surface area contributed by atoms with Crippen molar-refractivity contribution in [3.63, 3.8) is 0 Å². The van der Waals surface area contributed by atoms with E-state index in [2.05, 4.69) is 10.2 Å². The summed E-state index contributed by atoms with van der Waals surface area (Å²) in [5.74, 6) is 0.239. The van der Waals surface area contributed by atoms with Crippen LogP contribution < -0.4 is 0 Å². The number of hydrogen-bond donors (Lipinski definition) is 0. The molecule has 23 heavy (non-hydrogen) atoms. The van der Waals surface area contributed by atoms with Gasteiger partial charge in [0.1, 0.15) is 5.82 Å². The first kappa shape index (κ1) is 14.1. The van der Waals surface area contributed by atoms with E-state index in [1.165, 1.54) is 23.9 Å². The van der Waals surface area contributed by atoms with E-state index in [1.54, 1.807) is 16.7 Å². The zero-order valence-corrected chi connectivity index (χ0v) is 12.8. The van der Waals surface area contributed by atoms with Gasteiger partial charge in [-0.05, 0) is 17.7 Å². The fraction of sp³-hybridized carbons (Fsp3) is 0.118. The number of nitrogens with zero attached hydrogens (tertiary/aromatic N) is 3. The number of halogens is 1. The van der Waals surface area contributed by atoms with Crippen LogP contribution >= 0.6 is 11.8 Å². The van der Waals surface area contributed by atoms with E-state index in [0.717, 1.165) is 11.1 Å². The lowest BCUT2D eigenvalue weighted by molar-refractivity contribution is 0.0888. The standard InChI is InChI=1S/C17H12FN3OS/c18-13-8-6-11(7-9-13)14-10-15(22)21-16(19-20-17(21)23-14)12-4-2-1-3-5-12/h1-9,14H,10H2. The second kappa shape index (κ2) is 5.62. The molecule has 1 atom stereocenters. The normalized spacial score (nSPS) is 17.1. The molecule has 3 aromatic rings. The molecule has 1 aliphatic rings. The monoisotopic (exact) mass is 325 g/mol. The second-order valence-corrected chi connectivity index (χ2v) is 6.43. The van der Waals surface area contributed by atoms with Crippen LogP contribution in [0.15, 0.2) is 59.8 Å². The van der Waals surface area contributed by atoms with Crippen molar-refractivity contribution in [2.24, 2.45) is 0 Å². The second-order valence-electron chi connectivity index (χ2n) is 5.26. The summed E-state index contributed by atoms with van der Waals surface area (Å²) >= 11 is 1.48.